The van der Waals surface area contributed by atoms with Crippen LogP contribution in [0.1, 0.15) is 10.5 Å². The minimum absolute atomic E-state index is 0.131. The van der Waals surface area contributed by atoms with Crippen molar-refractivity contribution in [2.45, 2.75) is 0 Å². The van der Waals surface area contributed by atoms with Crippen molar-refractivity contribution in [3.63, 3.8) is 0 Å². The second kappa shape index (κ2) is 4.04. The average Bonchev–Trinajstić information content (AvgIpc) is 2.15. The molecule has 0 atom stereocenters. The molecular weight excluding hydrogens is 194 g/mol. The Morgan fingerprint density at radius 2 is 2.31 bits per heavy atom. The van der Waals surface area contributed by atoms with Gasteiger partial charge < -0.3 is 10.1 Å². The van der Waals surface area contributed by atoms with E-state index in [9.17, 15) is 4.79 Å². The van der Waals surface area contributed by atoms with Crippen LogP contribution in [0.5, 0.6) is 0 Å². The van der Waals surface area contributed by atoms with Gasteiger partial charge in [0.05, 0.1) is 7.11 Å². The Morgan fingerprint density at radius 3 is 2.85 bits per heavy atom. The number of ether oxygens (including phenoxy) is 1. The average molecular weight is 202 g/mol. The molecule has 0 radical (unpaired) electrons. The van der Waals surface area contributed by atoms with Crippen LogP contribution in [0.2, 0.25) is 5.15 Å². The van der Waals surface area contributed by atoms with E-state index in [0.29, 0.717) is 0 Å². The summed E-state index contributed by atoms with van der Waals surface area (Å²) in [6, 6.07) is 1.34. The third kappa shape index (κ3) is 2.29. The van der Waals surface area contributed by atoms with Crippen LogP contribution in [-0.4, -0.2) is 30.1 Å². The first kappa shape index (κ1) is 9.73. The Balaban J connectivity index is 3.08. The summed E-state index contributed by atoms with van der Waals surface area (Å²) in [4.78, 5) is 18.7. The maximum atomic E-state index is 11.0. The predicted octanol–water partition coefficient (Wildman–Crippen LogP) is 0.958. The Hall–Kier alpha value is -1.36. The first-order chi connectivity index (χ1) is 6.17. The van der Waals surface area contributed by atoms with E-state index in [1.165, 1.54) is 13.2 Å². The molecule has 0 aliphatic heterocycles. The van der Waals surface area contributed by atoms with Crippen LogP contribution in [-0.2, 0) is 4.74 Å². The van der Waals surface area contributed by atoms with Crippen LogP contribution in [0.15, 0.2) is 6.07 Å². The number of esters is 1. The van der Waals surface area contributed by atoms with E-state index in [4.69, 9.17) is 11.6 Å². The number of rotatable bonds is 2. The lowest BCUT2D eigenvalue weighted by atomic mass is 10.4. The highest BCUT2D eigenvalue weighted by molar-refractivity contribution is 6.29. The Bertz CT molecular complexity index is 330. The van der Waals surface area contributed by atoms with Gasteiger partial charge in [-0.1, -0.05) is 11.6 Å². The molecule has 6 heteroatoms. The van der Waals surface area contributed by atoms with Crippen molar-refractivity contribution < 1.29 is 9.53 Å². The van der Waals surface area contributed by atoms with Crippen molar-refractivity contribution >= 4 is 23.5 Å². The minimum Gasteiger partial charge on any atom is -0.464 e. The molecule has 13 heavy (non-hydrogen) atoms. The molecule has 1 aromatic heterocycles. The van der Waals surface area contributed by atoms with E-state index in [1.807, 2.05) is 0 Å². The van der Waals surface area contributed by atoms with Gasteiger partial charge in [-0.15, -0.1) is 0 Å². The molecule has 0 fully saturated rings. The van der Waals surface area contributed by atoms with Crippen molar-refractivity contribution in [2.24, 2.45) is 0 Å². The highest BCUT2D eigenvalue weighted by Crippen LogP contribution is 2.10. The summed E-state index contributed by atoms with van der Waals surface area (Å²) in [5.41, 5.74) is 0.131. The number of hydrogen-bond donors (Lipinski definition) is 1. The second-order valence-corrected chi connectivity index (χ2v) is 2.53. The van der Waals surface area contributed by atoms with E-state index < -0.39 is 5.97 Å². The molecule has 1 rings (SSSR count). The molecule has 70 valence electrons. The number of nitrogens with one attached hydrogen (secondary N) is 1. The van der Waals surface area contributed by atoms with Crippen molar-refractivity contribution in [1.29, 1.82) is 0 Å². The van der Waals surface area contributed by atoms with Crippen LogP contribution >= 0.6 is 11.6 Å². The Kier molecular flexibility index (Phi) is 3.02. The van der Waals surface area contributed by atoms with E-state index in [1.54, 1.807) is 7.05 Å². The maximum Gasteiger partial charge on any atom is 0.356 e. The number of aromatic nitrogens is 2. The lowest BCUT2D eigenvalue weighted by Gasteiger charge is -2.01. The highest BCUT2D eigenvalue weighted by Gasteiger charge is 2.09. The highest BCUT2D eigenvalue weighted by atomic mass is 35.5. The molecule has 0 unspecified atom stereocenters. The number of carbonyl (C=O) groups excluding carboxylic acids is 1. The molecule has 1 heterocycles. The first-order valence-corrected chi connectivity index (χ1v) is 3.86. The minimum atomic E-state index is -0.541. The Morgan fingerprint density at radius 1 is 1.62 bits per heavy atom. The Labute approximate surface area is 80.1 Å². The lowest BCUT2D eigenvalue weighted by Crippen LogP contribution is -2.07. The fourth-order valence-electron chi connectivity index (χ4n) is 0.739. The van der Waals surface area contributed by atoms with E-state index in [-0.39, 0.29) is 16.8 Å². The smallest absolute Gasteiger partial charge is 0.356 e. The van der Waals surface area contributed by atoms with Gasteiger partial charge in [-0.25, -0.2) is 14.8 Å². The normalized spacial score (nSPS) is 9.46. The summed E-state index contributed by atoms with van der Waals surface area (Å²) in [7, 11) is 2.91. The zero-order valence-corrected chi connectivity index (χ0v) is 7.92. The van der Waals surface area contributed by atoms with Gasteiger partial charge in [-0.3, -0.25) is 0 Å². The molecule has 5 nitrogen and oxygen atoms in total. The number of nitrogens with zero attached hydrogens (tertiary/aromatic N) is 2. The van der Waals surface area contributed by atoms with Gasteiger partial charge in [0.2, 0.25) is 5.95 Å². The zero-order valence-electron chi connectivity index (χ0n) is 7.17. The number of anilines is 1. The van der Waals surface area contributed by atoms with E-state index in [2.05, 4.69) is 20.0 Å². The van der Waals surface area contributed by atoms with Gasteiger partial charge in [0.15, 0.2) is 5.69 Å². The van der Waals surface area contributed by atoms with Gasteiger partial charge in [0, 0.05) is 13.1 Å². The van der Waals surface area contributed by atoms with E-state index >= 15 is 0 Å². The molecule has 0 amide bonds. The van der Waals surface area contributed by atoms with Gasteiger partial charge in [0.25, 0.3) is 0 Å². The SMILES string of the molecule is CNc1nc(Cl)cc(C(=O)OC)n1. The van der Waals surface area contributed by atoms with Crippen molar-refractivity contribution in [2.75, 3.05) is 19.5 Å². The molecule has 1 N–H and O–H groups in total. The summed E-state index contributed by atoms with van der Waals surface area (Å²) in [5, 5.41) is 2.87. The first-order valence-electron chi connectivity index (χ1n) is 3.48. The maximum absolute atomic E-state index is 11.0. The van der Waals surface area contributed by atoms with Crippen molar-refractivity contribution in [3.05, 3.63) is 16.9 Å². The second-order valence-electron chi connectivity index (χ2n) is 2.14. The van der Waals surface area contributed by atoms with Gasteiger partial charge in [0.1, 0.15) is 5.15 Å². The molecule has 0 saturated carbocycles. The van der Waals surface area contributed by atoms with Crippen molar-refractivity contribution in [1.82, 2.24) is 9.97 Å². The summed E-state index contributed by atoms with van der Waals surface area (Å²) in [6.07, 6.45) is 0. The molecule has 0 saturated heterocycles. The molecule has 1 aromatic rings. The standard InChI is InChI=1S/C7H8ClN3O2/c1-9-7-10-4(6(12)13-2)3-5(8)11-7/h3H,1-2H3,(H,9,10,11). The fraction of sp³-hybridized carbons (Fsp3) is 0.286. The molecule has 0 aliphatic rings. The predicted molar refractivity (Wildman–Crippen MR) is 47.9 cm³/mol. The lowest BCUT2D eigenvalue weighted by molar-refractivity contribution is 0.0594. The number of halogens is 1. The summed E-state index contributed by atoms with van der Waals surface area (Å²) < 4.78 is 4.48. The number of carbonyl (C=O) groups is 1. The van der Waals surface area contributed by atoms with Gasteiger partial charge >= 0.3 is 5.97 Å². The summed E-state index contributed by atoms with van der Waals surface area (Å²) in [6.45, 7) is 0. The largest absolute Gasteiger partial charge is 0.464 e. The third-order valence-electron chi connectivity index (χ3n) is 1.31. The monoisotopic (exact) mass is 201 g/mol. The van der Waals surface area contributed by atoms with Crippen LogP contribution in [0, 0.1) is 0 Å². The van der Waals surface area contributed by atoms with Crippen molar-refractivity contribution in [3.8, 4) is 0 Å². The van der Waals surface area contributed by atoms with Crippen LogP contribution in [0.25, 0.3) is 0 Å². The summed E-state index contributed by atoms with van der Waals surface area (Å²) >= 11 is 5.63. The fourth-order valence-corrected chi connectivity index (χ4v) is 0.922. The zero-order chi connectivity index (χ0) is 9.84. The topological polar surface area (TPSA) is 64.1 Å². The van der Waals surface area contributed by atoms with Gasteiger partial charge in [-0.2, -0.15) is 0 Å². The van der Waals surface area contributed by atoms with Gasteiger partial charge in [-0.05, 0) is 0 Å². The summed E-state index contributed by atoms with van der Waals surface area (Å²) in [5.74, 6) is -0.256. The van der Waals surface area contributed by atoms with Crippen LogP contribution in [0.4, 0.5) is 5.95 Å². The van der Waals surface area contributed by atoms with Crippen LogP contribution in [0.3, 0.4) is 0 Å². The molecular formula is C7H8ClN3O2. The number of methoxy groups -OCH3 is 1. The quantitative estimate of drug-likeness (QED) is 0.570. The molecule has 0 spiro atoms. The van der Waals surface area contributed by atoms with E-state index in [0.717, 1.165) is 0 Å². The molecule has 0 bridgehead atoms. The molecule has 0 aromatic carbocycles. The number of hydrogen-bond acceptors (Lipinski definition) is 5. The van der Waals surface area contributed by atoms with Crippen LogP contribution < -0.4 is 5.32 Å². The molecule has 0 aliphatic carbocycles. The third-order valence-corrected chi connectivity index (χ3v) is 1.51.